The molecule has 31 heavy (non-hydrogen) atoms. The van der Waals surface area contributed by atoms with Crippen LogP contribution >= 0.6 is 0 Å². The van der Waals surface area contributed by atoms with Gasteiger partial charge in [-0.05, 0) is 37.6 Å². The topological polar surface area (TPSA) is 56.2 Å². The van der Waals surface area contributed by atoms with Crippen LogP contribution in [-0.2, 0) is 5.60 Å². The molecule has 0 radical (unpaired) electrons. The Kier molecular flexibility index (Phi) is 6.32. The van der Waals surface area contributed by atoms with Gasteiger partial charge in [0.15, 0.2) is 0 Å². The molecular formula is C25H33N3O3. The van der Waals surface area contributed by atoms with E-state index in [-0.39, 0.29) is 11.9 Å². The summed E-state index contributed by atoms with van der Waals surface area (Å²) in [6.45, 7) is 6.63. The van der Waals surface area contributed by atoms with Crippen molar-refractivity contribution in [2.75, 3.05) is 53.4 Å². The SMILES string of the molecule is COc1c(C)cccc1C(=O)N1CC[C@](O)(c2ccccc2)[C@H](N2CCN(C)CC2)C1. The summed E-state index contributed by atoms with van der Waals surface area (Å²) in [6.07, 6.45) is 0.508. The van der Waals surface area contributed by atoms with E-state index < -0.39 is 5.60 Å². The maximum atomic E-state index is 13.5. The minimum absolute atomic E-state index is 0.0326. The number of aryl methyl sites for hydroxylation is 1. The molecular weight excluding hydrogens is 390 g/mol. The van der Waals surface area contributed by atoms with Crippen LogP contribution in [0.3, 0.4) is 0 Å². The van der Waals surface area contributed by atoms with E-state index in [1.165, 1.54) is 0 Å². The van der Waals surface area contributed by atoms with Gasteiger partial charge in [-0.3, -0.25) is 9.69 Å². The van der Waals surface area contributed by atoms with Crippen molar-refractivity contribution in [2.24, 2.45) is 0 Å². The number of nitrogens with zero attached hydrogens (tertiary/aromatic N) is 3. The molecule has 0 bridgehead atoms. The van der Waals surface area contributed by atoms with Gasteiger partial charge in [0, 0.05) is 39.3 Å². The third-order valence-electron chi connectivity index (χ3n) is 6.89. The fourth-order valence-corrected chi connectivity index (χ4v) is 4.98. The molecule has 6 nitrogen and oxygen atoms in total. The summed E-state index contributed by atoms with van der Waals surface area (Å²) in [7, 11) is 3.73. The number of methoxy groups -OCH3 is 1. The van der Waals surface area contributed by atoms with Crippen molar-refractivity contribution in [3.63, 3.8) is 0 Å². The molecule has 0 aromatic heterocycles. The summed E-state index contributed by atoms with van der Waals surface area (Å²) in [5, 5.41) is 11.9. The van der Waals surface area contributed by atoms with Gasteiger partial charge in [0.25, 0.3) is 5.91 Å². The van der Waals surface area contributed by atoms with Crippen molar-refractivity contribution < 1.29 is 14.6 Å². The van der Waals surface area contributed by atoms with Gasteiger partial charge in [0.2, 0.25) is 0 Å². The third-order valence-corrected chi connectivity index (χ3v) is 6.89. The summed E-state index contributed by atoms with van der Waals surface area (Å²) in [6, 6.07) is 15.5. The standard InChI is InChI=1S/C25H33N3O3/c1-19-8-7-11-21(23(19)31-3)24(29)28-13-12-25(30,20-9-5-4-6-10-20)22(18-28)27-16-14-26(2)15-17-27/h4-11,22,30H,12-18H2,1-3H3/t22-,25+/m1/s1. The molecule has 166 valence electrons. The van der Waals surface area contributed by atoms with Gasteiger partial charge in [0.1, 0.15) is 11.4 Å². The average Bonchev–Trinajstić information content (AvgIpc) is 2.80. The van der Waals surface area contributed by atoms with E-state index in [1.807, 2.05) is 60.4 Å². The zero-order chi connectivity index (χ0) is 22.0. The second-order valence-electron chi connectivity index (χ2n) is 8.80. The number of carbonyl (C=O) groups is 1. The van der Waals surface area contributed by atoms with Crippen LogP contribution in [0.25, 0.3) is 0 Å². The van der Waals surface area contributed by atoms with E-state index in [1.54, 1.807) is 7.11 Å². The summed E-state index contributed by atoms with van der Waals surface area (Å²) in [4.78, 5) is 20.1. The van der Waals surface area contributed by atoms with E-state index in [9.17, 15) is 9.90 Å². The van der Waals surface area contributed by atoms with E-state index >= 15 is 0 Å². The van der Waals surface area contributed by atoms with Crippen LogP contribution in [0, 0.1) is 6.92 Å². The molecule has 2 saturated heterocycles. The Morgan fingerprint density at radius 1 is 1.03 bits per heavy atom. The molecule has 6 heteroatoms. The van der Waals surface area contributed by atoms with E-state index in [0.717, 1.165) is 37.3 Å². The zero-order valence-corrected chi connectivity index (χ0v) is 18.8. The van der Waals surface area contributed by atoms with Gasteiger partial charge in [-0.2, -0.15) is 0 Å². The van der Waals surface area contributed by atoms with Crippen LogP contribution in [0.2, 0.25) is 0 Å². The molecule has 2 aliphatic rings. The first-order chi connectivity index (χ1) is 14.9. The molecule has 2 aliphatic heterocycles. The lowest BCUT2D eigenvalue weighted by Crippen LogP contribution is -2.64. The van der Waals surface area contributed by atoms with Crippen molar-refractivity contribution in [3.8, 4) is 5.75 Å². The summed E-state index contributed by atoms with van der Waals surface area (Å²) in [5.41, 5.74) is 1.48. The van der Waals surface area contributed by atoms with Crippen molar-refractivity contribution >= 4 is 5.91 Å². The molecule has 2 heterocycles. The number of hydrogen-bond donors (Lipinski definition) is 1. The maximum absolute atomic E-state index is 13.5. The highest BCUT2D eigenvalue weighted by atomic mass is 16.5. The lowest BCUT2D eigenvalue weighted by Gasteiger charge is -2.51. The highest BCUT2D eigenvalue weighted by Gasteiger charge is 2.47. The number of amides is 1. The molecule has 1 N–H and O–H groups in total. The third kappa shape index (κ3) is 4.20. The molecule has 1 amide bonds. The molecule has 0 aliphatic carbocycles. The predicted molar refractivity (Wildman–Crippen MR) is 121 cm³/mol. The second-order valence-corrected chi connectivity index (χ2v) is 8.80. The molecule has 2 atom stereocenters. The van der Waals surface area contributed by atoms with Crippen molar-refractivity contribution in [2.45, 2.75) is 25.0 Å². The number of piperidine rings is 1. The summed E-state index contributed by atoms with van der Waals surface area (Å²) in [5.74, 6) is 0.599. The maximum Gasteiger partial charge on any atom is 0.257 e. The van der Waals surface area contributed by atoms with E-state index in [0.29, 0.717) is 30.8 Å². The first-order valence-electron chi connectivity index (χ1n) is 11.1. The number of likely N-dealkylation sites (N-methyl/N-ethyl adjacent to an activating group) is 1. The fraction of sp³-hybridized carbons (Fsp3) is 0.480. The van der Waals surface area contributed by atoms with Crippen LogP contribution in [0.1, 0.15) is 27.9 Å². The molecule has 4 rings (SSSR count). The van der Waals surface area contributed by atoms with Gasteiger partial charge in [0.05, 0.1) is 18.7 Å². The second kappa shape index (κ2) is 8.99. The molecule has 0 unspecified atom stereocenters. The number of benzene rings is 2. The molecule has 2 aromatic rings. The van der Waals surface area contributed by atoms with Gasteiger partial charge in [-0.1, -0.05) is 42.5 Å². The normalized spacial score (nSPS) is 25.4. The van der Waals surface area contributed by atoms with Crippen LogP contribution < -0.4 is 4.74 Å². The van der Waals surface area contributed by atoms with Crippen molar-refractivity contribution in [3.05, 3.63) is 65.2 Å². The van der Waals surface area contributed by atoms with Crippen molar-refractivity contribution in [1.29, 1.82) is 0 Å². The Morgan fingerprint density at radius 3 is 2.42 bits per heavy atom. The van der Waals surface area contributed by atoms with Gasteiger partial charge in [-0.15, -0.1) is 0 Å². The Morgan fingerprint density at radius 2 is 1.74 bits per heavy atom. The van der Waals surface area contributed by atoms with Gasteiger partial charge >= 0.3 is 0 Å². The Bertz CT molecular complexity index is 911. The molecule has 0 spiro atoms. The quantitative estimate of drug-likeness (QED) is 0.818. The van der Waals surface area contributed by atoms with E-state index in [4.69, 9.17) is 4.74 Å². The minimum atomic E-state index is -0.982. The summed E-state index contributed by atoms with van der Waals surface area (Å²) < 4.78 is 5.54. The summed E-state index contributed by atoms with van der Waals surface area (Å²) >= 11 is 0. The van der Waals surface area contributed by atoms with E-state index in [2.05, 4.69) is 16.8 Å². The van der Waals surface area contributed by atoms with Crippen LogP contribution in [-0.4, -0.2) is 85.2 Å². The van der Waals surface area contributed by atoms with Gasteiger partial charge < -0.3 is 19.6 Å². The average molecular weight is 424 g/mol. The Hall–Kier alpha value is -2.41. The minimum Gasteiger partial charge on any atom is -0.496 e. The number of piperazine rings is 1. The Balaban J connectivity index is 1.64. The lowest BCUT2D eigenvalue weighted by molar-refractivity contribution is -0.101. The van der Waals surface area contributed by atoms with Crippen LogP contribution in [0.15, 0.2) is 48.5 Å². The molecule has 0 saturated carbocycles. The largest absolute Gasteiger partial charge is 0.496 e. The van der Waals surface area contributed by atoms with Gasteiger partial charge in [-0.25, -0.2) is 0 Å². The molecule has 2 fully saturated rings. The fourth-order valence-electron chi connectivity index (χ4n) is 4.98. The smallest absolute Gasteiger partial charge is 0.257 e. The molecule has 2 aromatic carbocycles. The lowest BCUT2D eigenvalue weighted by atomic mass is 9.79. The number of carbonyl (C=O) groups excluding carboxylic acids is 1. The first kappa shape index (κ1) is 21.8. The van der Waals surface area contributed by atoms with Crippen LogP contribution in [0.5, 0.6) is 5.75 Å². The number of hydrogen-bond acceptors (Lipinski definition) is 5. The monoisotopic (exact) mass is 423 g/mol. The van der Waals surface area contributed by atoms with Crippen molar-refractivity contribution in [1.82, 2.24) is 14.7 Å². The number of para-hydroxylation sites is 1. The number of rotatable bonds is 4. The highest BCUT2D eigenvalue weighted by Crippen LogP contribution is 2.37. The van der Waals surface area contributed by atoms with Crippen LogP contribution in [0.4, 0.5) is 0 Å². The zero-order valence-electron chi connectivity index (χ0n) is 18.8. The Labute approximate surface area is 185 Å². The number of aliphatic hydroxyl groups is 1. The number of likely N-dealkylation sites (tertiary alicyclic amines) is 1. The predicted octanol–water partition coefficient (Wildman–Crippen LogP) is 2.35. The highest BCUT2D eigenvalue weighted by molar-refractivity contribution is 5.97. The number of ether oxygens (including phenoxy) is 1. The first-order valence-corrected chi connectivity index (χ1v) is 11.1.